The molecule has 2 aromatic heterocycles. The zero-order valence-corrected chi connectivity index (χ0v) is 16.3. The maximum atomic E-state index is 12.2. The summed E-state index contributed by atoms with van der Waals surface area (Å²) in [4.78, 5) is 21.0. The summed E-state index contributed by atoms with van der Waals surface area (Å²) < 4.78 is 7.71. The van der Waals surface area contributed by atoms with Crippen molar-refractivity contribution in [3.63, 3.8) is 0 Å². The summed E-state index contributed by atoms with van der Waals surface area (Å²) in [7, 11) is 0. The van der Waals surface area contributed by atoms with Crippen LogP contribution in [0.2, 0.25) is 0 Å². The first-order valence-electron chi connectivity index (χ1n) is 8.82. The van der Waals surface area contributed by atoms with Crippen LogP contribution in [0, 0.1) is 0 Å². The molecule has 2 aliphatic rings. The number of cyclic esters (lactones) is 1. The molecule has 0 unspecified atom stereocenters. The van der Waals surface area contributed by atoms with Gasteiger partial charge in [-0.2, -0.15) is 10.1 Å². The van der Waals surface area contributed by atoms with Gasteiger partial charge < -0.3 is 15.4 Å². The Morgan fingerprint density at radius 3 is 2.92 bits per heavy atom. The maximum absolute atomic E-state index is 12.2. The van der Waals surface area contributed by atoms with E-state index < -0.39 is 5.54 Å². The number of esters is 1. The molecule has 2 N–H and O–H groups in total. The number of anilines is 3. The smallest absolute Gasteiger partial charge is 0.333 e. The Hall–Kier alpha value is -2.16. The summed E-state index contributed by atoms with van der Waals surface area (Å²) in [5.74, 6) is 1.41. The molecule has 0 amide bonds. The van der Waals surface area contributed by atoms with Crippen LogP contribution >= 0.6 is 15.9 Å². The molecule has 0 radical (unpaired) electrons. The van der Waals surface area contributed by atoms with E-state index in [0.717, 1.165) is 41.1 Å². The lowest BCUT2D eigenvalue weighted by Crippen LogP contribution is -2.35. The van der Waals surface area contributed by atoms with Crippen molar-refractivity contribution in [1.29, 1.82) is 0 Å². The minimum Gasteiger partial charge on any atom is -0.464 e. The monoisotopic (exact) mass is 420 g/mol. The van der Waals surface area contributed by atoms with Crippen LogP contribution in [-0.2, 0) is 15.1 Å². The topological polar surface area (TPSA) is 94.0 Å². The third-order valence-corrected chi connectivity index (χ3v) is 5.39. The van der Waals surface area contributed by atoms with E-state index in [1.807, 2.05) is 20.0 Å². The van der Waals surface area contributed by atoms with Gasteiger partial charge in [0.05, 0.1) is 28.7 Å². The molecule has 2 aromatic rings. The highest BCUT2D eigenvalue weighted by Gasteiger charge is 2.44. The van der Waals surface area contributed by atoms with Gasteiger partial charge in [-0.15, -0.1) is 0 Å². The second kappa shape index (κ2) is 6.53. The predicted octanol–water partition coefficient (Wildman–Crippen LogP) is 3.15. The molecule has 1 aliphatic heterocycles. The fourth-order valence-corrected chi connectivity index (χ4v) is 3.37. The van der Waals surface area contributed by atoms with E-state index in [1.54, 1.807) is 10.9 Å². The Labute approximate surface area is 159 Å². The Morgan fingerprint density at radius 2 is 2.27 bits per heavy atom. The van der Waals surface area contributed by atoms with E-state index in [4.69, 9.17) is 9.84 Å². The van der Waals surface area contributed by atoms with Gasteiger partial charge in [-0.25, -0.2) is 9.78 Å². The maximum Gasteiger partial charge on any atom is 0.333 e. The summed E-state index contributed by atoms with van der Waals surface area (Å²) in [5, 5.41) is 11.2. The predicted molar refractivity (Wildman–Crippen MR) is 101 cm³/mol. The second-order valence-corrected chi connectivity index (χ2v) is 7.71. The third kappa shape index (κ3) is 3.04. The fraction of sp³-hybridized carbons (Fsp3) is 0.529. The number of carbonyl (C=O) groups excluding carboxylic acids is 1. The van der Waals surface area contributed by atoms with Crippen LogP contribution < -0.4 is 10.6 Å². The van der Waals surface area contributed by atoms with E-state index in [1.165, 1.54) is 0 Å². The molecule has 8 nitrogen and oxygen atoms in total. The molecule has 1 saturated carbocycles. The SMILES string of the molecule is CCNc1nc(Nc2cn([C@@]3(C)CCOC3=O)nc2C2CC2)ncc1Br. The number of aromatic nitrogens is 4. The number of nitrogens with zero attached hydrogens (tertiary/aromatic N) is 4. The van der Waals surface area contributed by atoms with Crippen molar-refractivity contribution in [2.75, 3.05) is 23.8 Å². The summed E-state index contributed by atoms with van der Waals surface area (Å²) in [6.07, 6.45) is 6.42. The molecule has 3 heterocycles. The normalized spacial score (nSPS) is 22.3. The lowest BCUT2D eigenvalue weighted by atomic mass is 10.0. The zero-order chi connectivity index (χ0) is 18.3. The largest absolute Gasteiger partial charge is 0.464 e. The van der Waals surface area contributed by atoms with E-state index in [-0.39, 0.29) is 5.97 Å². The quantitative estimate of drug-likeness (QED) is 0.692. The lowest BCUT2D eigenvalue weighted by Gasteiger charge is -2.19. The number of halogens is 1. The van der Waals surface area contributed by atoms with Gasteiger partial charge in [-0.05, 0) is 42.6 Å². The summed E-state index contributed by atoms with van der Waals surface area (Å²) in [6, 6.07) is 0. The molecule has 1 aliphatic carbocycles. The summed E-state index contributed by atoms with van der Waals surface area (Å²) >= 11 is 3.44. The second-order valence-electron chi connectivity index (χ2n) is 6.85. The molecule has 1 atom stereocenters. The van der Waals surface area contributed by atoms with Crippen LogP contribution in [0.15, 0.2) is 16.9 Å². The summed E-state index contributed by atoms with van der Waals surface area (Å²) in [6.45, 7) is 5.08. The van der Waals surface area contributed by atoms with Crippen molar-refractivity contribution in [3.8, 4) is 0 Å². The average molecular weight is 421 g/mol. The molecule has 26 heavy (non-hydrogen) atoms. The van der Waals surface area contributed by atoms with Crippen molar-refractivity contribution in [1.82, 2.24) is 19.7 Å². The van der Waals surface area contributed by atoms with Crippen LogP contribution in [0.4, 0.5) is 17.5 Å². The van der Waals surface area contributed by atoms with Gasteiger partial charge in [-0.3, -0.25) is 4.68 Å². The van der Waals surface area contributed by atoms with Gasteiger partial charge in [-0.1, -0.05) is 0 Å². The number of nitrogens with one attached hydrogen (secondary N) is 2. The van der Waals surface area contributed by atoms with Gasteiger partial charge in [0.1, 0.15) is 5.82 Å². The van der Waals surface area contributed by atoms with Gasteiger partial charge >= 0.3 is 5.97 Å². The standard InChI is InChI=1S/C17H21BrN6O2/c1-3-19-14-11(18)8-20-16(22-14)21-12-9-24(23-13(12)10-4-5-10)17(2)6-7-26-15(17)25/h8-10H,3-7H2,1-2H3,(H2,19,20,21,22)/t17-/m0/s1. The highest BCUT2D eigenvalue weighted by atomic mass is 79.9. The number of hydrogen-bond acceptors (Lipinski definition) is 7. The third-order valence-electron chi connectivity index (χ3n) is 4.81. The van der Waals surface area contributed by atoms with Gasteiger partial charge in [0, 0.05) is 25.1 Å². The number of ether oxygens (including phenoxy) is 1. The Balaban J connectivity index is 1.66. The number of hydrogen-bond donors (Lipinski definition) is 2. The number of rotatable bonds is 6. The van der Waals surface area contributed by atoms with Crippen LogP contribution in [0.3, 0.4) is 0 Å². The lowest BCUT2D eigenvalue weighted by molar-refractivity contribution is -0.145. The van der Waals surface area contributed by atoms with Crippen molar-refractivity contribution >= 4 is 39.4 Å². The Bertz CT molecular complexity index is 850. The van der Waals surface area contributed by atoms with E-state index in [2.05, 4.69) is 36.5 Å². The average Bonchev–Trinajstić information content (AvgIpc) is 3.29. The summed E-state index contributed by atoms with van der Waals surface area (Å²) in [5.41, 5.74) is 1.06. The first-order chi connectivity index (χ1) is 12.5. The zero-order valence-electron chi connectivity index (χ0n) is 14.8. The molecule has 0 bridgehead atoms. The molecule has 0 aromatic carbocycles. The van der Waals surface area contributed by atoms with Gasteiger partial charge in [0.25, 0.3) is 0 Å². The molecular formula is C17H21BrN6O2. The molecular weight excluding hydrogens is 400 g/mol. The molecule has 9 heteroatoms. The van der Waals surface area contributed by atoms with Gasteiger partial charge in [0.2, 0.25) is 5.95 Å². The first-order valence-corrected chi connectivity index (χ1v) is 9.61. The van der Waals surface area contributed by atoms with E-state index >= 15 is 0 Å². The number of carbonyl (C=O) groups is 1. The molecule has 2 fully saturated rings. The van der Waals surface area contributed by atoms with Crippen LogP contribution in [0.5, 0.6) is 0 Å². The highest BCUT2D eigenvalue weighted by Crippen LogP contribution is 2.44. The molecule has 0 spiro atoms. The van der Waals surface area contributed by atoms with Crippen molar-refractivity contribution < 1.29 is 9.53 Å². The van der Waals surface area contributed by atoms with Crippen molar-refractivity contribution in [2.24, 2.45) is 0 Å². The van der Waals surface area contributed by atoms with Crippen LogP contribution in [0.25, 0.3) is 0 Å². The van der Waals surface area contributed by atoms with Crippen molar-refractivity contribution in [2.45, 2.75) is 44.6 Å². The molecule has 4 rings (SSSR count). The molecule has 1 saturated heterocycles. The first kappa shape index (κ1) is 17.3. The Morgan fingerprint density at radius 1 is 1.46 bits per heavy atom. The van der Waals surface area contributed by atoms with Gasteiger partial charge in [0.15, 0.2) is 5.54 Å². The minimum atomic E-state index is -0.751. The van der Waals surface area contributed by atoms with Crippen LogP contribution in [0.1, 0.15) is 44.7 Å². The van der Waals surface area contributed by atoms with E-state index in [0.29, 0.717) is 24.9 Å². The molecule has 138 valence electrons. The minimum absolute atomic E-state index is 0.233. The van der Waals surface area contributed by atoms with E-state index in [9.17, 15) is 4.79 Å². The highest BCUT2D eigenvalue weighted by molar-refractivity contribution is 9.10. The fourth-order valence-electron chi connectivity index (χ4n) is 3.04. The Kier molecular flexibility index (Phi) is 4.34. The van der Waals surface area contributed by atoms with Crippen LogP contribution in [-0.4, -0.2) is 38.9 Å². The van der Waals surface area contributed by atoms with Crippen molar-refractivity contribution in [3.05, 3.63) is 22.6 Å².